The summed E-state index contributed by atoms with van der Waals surface area (Å²) in [4.78, 5) is 23.0. The second kappa shape index (κ2) is 8.96. The monoisotopic (exact) mass is 325 g/mol. The number of guanidine groups is 1. The zero-order valence-corrected chi connectivity index (χ0v) is 14.8. The predicted molar refractivity (Wildman–Crippen MR) is 91.8 cm³/mol. The molecule has 2 saturated heterocycles. The molecule has 1 N–H and O–H groups in total. The van der Waals surface area contributed by atoms with Crippen molar-refractivity contribution in [1.82, 2.24) is 20.0 Å². The summed E-state index contributed by atoms with van der Waals surface area (Å²) >= 11 is 0. The third kappa shape index (κ3) is 4.99. The van der Waals surface area contributed by atoms with Gasteiger partial charge < -0.3 is 24.8 Å². The standard InChI is InChI=1S/C16H31N5O2/c1-4-17-15(18-13-14-7-6-8-19(14)3)20-9-11-21(12-10-20)16(22)23-5-2/h14H,4-13H2,1-3H3,(H,17,18). The number of nitrogens with one attached hydrogen (secondary N) is 1. The fourth-order valence-corrected chi connectivity index (χ4v) is 3.14. The summed E-state index contributed by atoms with van der Waals surface area (Å²) < 4.78 is 5.07. The van der Waals surface area contributed by atoms with Gasteiger partial charge >= 0.3 is 6.09 Å². The van der Waals surface area contributed by atoms with E-state index in [0.29, 0.717) is 25.7 Å². The number of hydrogen-bond acceptors (Lipinski definition) is 4. The van der Waals surface area contributed by atoms with Gasteiger partial charge in [0.05, 0.1) is 13.2 Å². The molecule has 1 atom stereocenters. The number of ether oxygens (including phenoxy) is 1. The highest BCUT2D eigenvalue weighted by Crippen LogP contribution is 2.15. The van der Waals surface area contributed by atoms with Gasteiger partial charge in [0.2, 0.25) is 0 Å². The van der Waals surface area contributed by atoms with Gasteiger partial charge in [-0.3, -0.25) is 4.99 Å². The summed E-state index contributed by atoms with van der Waals surface area (Å²) in [7, 11) is 2.18. The number of carbonyl (C=O) groups excluding carboxylic acids is 1. The lowest BCUT2D eigenvalue weighted by molar-refractivity contribution is 0.0914. The van der Waals surface area contributed by atoms with Crippen molar-refractivity contribution in [1.29, 1.82) is 0 Å². The van der Waals surface area contributed by atoms with Gasteiger partial charge in [0, 0.05) is 38.8 Å². The Hall–Kier alpha value is -1.50. The lowest BCUT2D eigenvalue weighted by atomic mass is 10.2. The highest BCUT2D eigenvalue weighted by atomic mass is 16.6. The molecule has 1 unspecified atom stereocenters. The number of likely N-dealkylation sites (tertiary alicyclic amines) is 1. The minimum Gasteiger partial charge on any atom is -0.450 e. The average Bonchev–Trinajstić information content (AvgIpc) is 2.97. The molecule has 2 heterocycles. The van der Waals surface area contributed by atoms with Crippen molar-refractivity contribution in [2.45, 2.75) is 32.7 Å². The fraction of sp³-hybridized carbons (Fsp3) is 0.875. The van der Waals surface area contributed by atoms with Gasteiger partial charge in [-0.05, 0) is 40.3 Å². The Labute approximate surface area is 139 Å². The van der Waals surface area contributed by atoms with Crippen LogP contribution < -0.4 is 5.32 Å². The third-order valence-electron chi connectivity index (χ3n) is 4.56. The molecule has 0 radical (unpaired) electrons. The summed E-state index contributed by atoms with van der Waals surface area (Å²) in [6, 6.07) is 0.560. The molecular formula is C16H31N5O2. The lowest BCUT2D eigenvalue weighted by Crippen LogP contribution is -2.54. The first-order chi connectivity index (χ1) is 11.2. The van der Waals surface area contributed by atoms with E-state index >= 15 is 0 Å². The first kappa shape index (κ1) is 17.8. The molecule has 2 fully saturated rings. The van der Waals surface area contributed by atoms with Crippen LogP contribution in [-0.2, 0) is 4.74 Å². The molecule has 0 aliphatic carbocycles. The van der Waals surface area contributed by atoms with Crippen molar-refractivity contribution in [3.8, 4) is 0 Å². The van der Waals surface area contributed by atoms with Gasteiger partial charge in [-0.15, -0.1) is 0 Å². The number of likely N-dealkylation sites (N-methyl/N-ethyl adjacent to an activating group) is 1. The van der Waals surface area contributed by atoms with Gasteiger partial charge in [-0.2, -0.15) is 0 Å². The minimum absolute atomic E-state index is 0.207. The van der Waals surface area contributed by atoms with Crippen LogP contribution in [0.1, 0.15) is 26.7 Å². The SMILES string of the molecule is CCNC(=NCC1CCCN1C)N1CCN(C(=O)OCC)CC1. The van der Waals surface area contributed by atoms with Crippen LogP contribution in [0.25, 0.3) is 0 Å². The first-order valence-electron chi connectivity index (χ1n) is 8.80. The largest absolute Gasteiger partial charge is 0.450 e. The molecule has 132 valence electrons. The first-order valence-corrected chi connectivity index (χ1v) is 8.80. The van der Waals surface area contributed by atoms with Crippen LogP contribution in [0, 0.1) is 0 Å². The van der Waals surface area contributed by atoms with Gasteiger partial charge in [0.1, 0.15) is 0 Å². The van der Waals surface area contributed by atoms with E-state index in [0.717, 1.165) is 32.1 Å². The molecule has 0 bridgehead atoms. The molecule has 7 nitrogen and oxygen atoms in total. The fourth-order valence-electron chi connectivity index (χ4n) is 3.14. The summed E-state index contributed by atoms with van der Waals surface area (Å²) in [6.07, 6.45) is 2.29. The van der Waals surface area contributed by atoms with E-state index in [2.05, 4.69) is 29.1 Å². The number of aliphatic imine (C=N–C) groups is 1. The van der Waals surface area contributed by atoms with Crippen LogP contribution in [0.5, 0.6) is 0 Å². The molecule has 0 saturated carbocycles. The molecule has 0 aromatic rings. The quantitative estimate of drug-likeness (QED) is 0.612. The Morgan fingerprint density at radius 3 is 2.43 bits per heavy atom. The van der Waals surface area contributed by atoms with Crippen LogP contribution in [0.15, 0.2) is 4.99 Å². The Balaban J connectivity index is 1.87. The zero-order chi connectivity index (χ0) is 16.7. The van der Waals surface area contributed by atoms with Crippen molar-refractivity contribution in [3.63, 3.8) is 0 Å². The normalized spacial score (nSPS) is 23.3. The van der Waals surface area contributed by atoms with E-state index in [-0.39, 0.29) is 6.09 Å². The average molecular weight is 325 g/mol. The molecule has 23 heavy (non-hydrogen) atoms. The maximum Gasteiger partial charge on any atom is 0.409 e. The van der Waals surface area contributed by atoms with Crippen LogP contribution in [0.2, 0.25) is 0 Å². The summed E-state index contributed by atoms with van der Waals surface area (Å²) in [5, 5.41) is 3.38. The number of nitrogens with zero attached hydrogens (tertiary/aromatic N) is 4. The van der Waals surface area contributed by atoms with Crippen LogP contribution in [-0.4, -0.2) is 92.3 Å². The van der Waals surface area contributed by atoms with Gasteiger partial charge in [-0.25, -0.2) is 4.79 Å². The maximum atomic E-state index is 11.8. The number of piperazine rings is 1. The van der Waals surface area contributed by atoms with Gasteiger partial charge in [0.25, 0.3) is 0 Å². The smallest absolute Gasteiger partial charge is 0.409 e. The van der Waals surface area contributed by atoms with E-state index < -0.39 is 0 Å². The summed E-state index contributed by atoms with van der Waals surface area (Å²) in [5.74, 6) is 0.969. The summed E-state index contributed by atoms with van der Waals surface area (Å²) in [5.41, 5.74) is 0. The van der Waals surface area contributed by atoms with E-state index in [4.69, 9.17) is 9.73 Å². The number of amides is 1. The van der Waals surface area contributed by atoms with E-state index in [1.807, 2.05) is 6.92 Å². The van der Waals surface area contributed by atoms with E-state index in [1.165, 1.54) is 19.4 Å². The lowest BCUT2D eigenvalue weighted by Gasteiger charge is -2.36. The summed E-state index contributed by atoms with van der Waals surface area (Å²) in [6.45, 7) is 10.2. The van der Waals surface area contributed by atoms with Crippen molar-refractivity contribution in [2.24, 2.45) is 4.99 Å². The molecule has 2 aliphatic heterocycles. The molecule has 1 amide bonds. The van der Waals surface area contributed by atoms with Crippen LogP contribution in [0.3, 0.4) is 0 Å². The highest BCUT2D eigenvalue weighted by molar-refractivity contribution is 5.80. The van der Waals surface area contributed by atoms with E-state index in [9.17, 15) is 4.79 Å². The number of carbonyl (C=O) groups is 1. The van der Waals surface area contributed by atoms with Gasteiger partial charge in [-0.1, -0.05) is 0 Å². The van der Waals surface area contributed by atoms with Crippen LogP contribution in [0.4, 0.5) is 4.79 Å². The molecule has 7 heteroatoms. The Morgan fingerprint density at radius 1 is 1.17 bits per heavy atom. The van der Waals surface area contributed by atoms with E-state index in [1.54, 1.807) is 4.90 Å². The molecule has 2 rings (SSSR count). The number of hydrogen-bond donors (Lipinski definition) is 1. The van der Waals surface area contributed by atoms with Crippen LogP contribution >= 0.6 is 0 Å². The molecular weight excluding hydrogens is 294 g/mol. The second-order valence-corrected chi connectivity index (χ2v) is 6.14. The topological polar surface area (TPSA) is 60.4 Å². The third-order valence-corrected chi connectivity index (χ3v) is 4.56. The molecule has 2 aliphatic rings. The molecule has 0 aromatic heterocycles. The number of rotatable bonds is 4. The second-order valence-electron chi connectivity index (χ2n) is 6.14. The zero-order valence-electron chi connectivity index (χ0n) is 14.8. The Kier molecular flexibility index (Phi) is 6.95. The molecule has 0 spiro atoms. The maximum absolute atomic E-state index is 11.8. The highest BCUT2D eigenvalue weighted by Gasteiger charge is 2.25. The Morgan fingerprint density at radius 2 is 1.87 bits per heavy atom. The van der Waals surface area contributed by atoms with Crippen molar-refractivity contribution in [3.05, 3.63) is 0 Å². The van der Waals surface area contributed by atoms with Gasteiger partial charge in [0.15, 0.2) is 5.96 Å². The van der Waals surface area contributed by atoms with Crippen molar-refractivity contribution >= 4 is 12.1 Å². The van der Waals surface area contributed by atoms with Crippen molar-refractivity contribution < 1.29 is 9.53 Å². The predicted octanol–water partition coefficient (Wildman–Crippen LogP) is 0.820. The minimum atomic E-state index is -0.207. The Bertz CT molecular complexity index is 407. The molecule has 0 aromatic carbocycles. The van der Waals surface area contributed by atoms with Crippen molar-refractivity contribution in [2.75, 3.05) is 59.5 Å².